The molecule has 6 nitrogen and oxygen atoms in total. The number of carbonyl (C=O) groups excluding carboxylic acids is 1. The molecule has 82 valence electrons. The van der Waals surface area contributed by atoms with Gasteiger partial charge >= 0.3 is 0 Å². The van der Waals surface area contributed by atoms with Crippen LogP contribution in [0.2, 0.25) is 0 Å². The standard InChI is InChI=1S/C10H11N5O/c1-15-9(3-5-13-15)14-10(16)7-6-12-4-2-8(7)11/h2-6H,1H3,(H2,11,12)(H,14,16). The number of pyridine rings is 1. The molecule has 2 aromatic rings. The zero-order chi connectivity index (χ0) is 11.5. The van der Waals surface area contributed by atoms with Gasteiger partial charge in [0.15, 0.2) is 0 Å². The highest BCUT2D eigenvalue weighted by Gasteiger charge is 2.11. The van der Waals surface area contributed by atoms with E-state index >= 15 is 0 Å². The van der Waals surface area contributed by atoms with E-state index in [1.165, 1.54) is 12.4 Å². The summed E-state index contributed by atoms with van der Waals surface area (Å²) in [5.74, 6) is 0.308. The second kappa shape index (κ2) is 4.01. The zero-order valence-electron chi connectivity index (χ0n) is 8.71. The Morgan fingerprint density at radius 3 is 2.88 bits per heavy atom. The van der Waals surface area contributed by atoms with Crippen LogP contribution in [0, 0.1) is 0 Å². The first-order valence-electron chi connectivity index (χ1n) is 4.67. The van der Waals surface area contributed by atoms with E-state index in [-0.39, 0.29) is 5.91 Å². The Morgan fingerprint density at radius 2 is 2.25 bits per heavy atom. The first-order chi connectivity index (χ1) is 7.68. The van der Waals surface area contributed by atoms with Crippen LogP contribution in [0.4, 0.5) is 11.5 Å². The van der Waals surface area contributed by atoms with Gasteiger partial charge in [0.25, 0.3) is 5.91 Å². The molecule has 16 heavy (non-hydrogen) atoms. The second-order valence-electron chi connectivity index (χ2n) is 3.26. The van der Waals surface area contributed by atoms with E-state index in [2.05, 4.69) is 15.4 Å². The van der Waals surface area contributed by atoms with Gasteiger partial charge in [-0.05, 0) is 6.07 Å². The number of hydrogen-bond donors (Lipinski definition) is 2. The topological polar surface area (TPSA) is 85.8 Å². The fraction of sp³-hybridized carbons (Fsp3) is 0.100. The van der Waals surface area contributed by atoms with Crippen LogP contribution in [0.5, 0.6) is 0 Å². The van der Waals surface area contributed by atoms with Gasteiger partial charge in [0.1, 0.15) is 5.82 Å². The Morgan fingerprint density at radius 1 is 1.44 bits per heavy atom. The summed E-state index contributed by atoms with van der Waals surface area (Å²) in [6.45, 7) is 0. The van der Waals surface area contributed by atoms with Crippen LogP contribution >= 0.6 is 0 Å². The lowest BCUT2D eigenvalue weighted by molar-refractivity contribution is 0.102. The number of hydrogen-bond acceptors (Lipinski definition) is 4. The van der Waals surface area contributed by atoms with Crippen molar-refractivity contribution in [1.29, 1.82) is 0 Å². The van der Waals surface area contributed by atoms with Crippen LogP contribution in [0.3, 0.4) is 0 Å². The van der Waals surface area contributed by atoms with Crippen molar-refractivity contribution >= 4 is 17.4 Å². The van der Waals surface area contributed by atoms with Crippen LogP contribution in [0.25, 0.3) is 0 Å². The quantitative estimate of drug-likeness (QED) is 0.773. The highest BCUT2D eigenvalue weighted by Crippen LogP contribution is 2.12. The average Bonchev–Trinajstić information content (AvgIpc) is 2.65. The first-order valence-corrected chi connectivity index (χ1v) is 4.67. The molecule has 2 aromatic heterocycles. The van der Waals surface area contributed by atoms with Crippen molar-refractivity contribution in [2.24, 2.45) is 7.05 Å². The largest absolute Gasteiger partial charge is 0.398 e. The van der Waals surface area contributed by atoms with Crippen LogP contribution in [0.15, 0.2) is 30.7 Å². The van der Waals surface area contributed by atoms with Gasteiger partial charge in [0.05, 0.1) is 11.8 Å². The number of anilines is 2. The number of nitrogens with one attached hydrogen (secondary N) is 1. The van der Waals surface area contributed by atoms with E-state index in [4.69, 9.17) is 5.73 Å². The smallest absolute Gasteiger partial charge is 0.260 e. The third-order valence-electron chi connectivity index (χ3n) is 2.16. The number of carbonyl (C=O) groups is 1. The maximum absolute atomic E-state index is 11.8. The molecule has 2 heterocycles. The molecule has 0 radical (unpaired) electrons. The molecule has 3 N–H and O–H groups in total. The Kier molecular flexibility index (Phi) is 2.55. The molecule has 0 aliphatic heterocycles. The molecule has 0 aliphatic carbocycles. The number of nitrogens with two attached hydrogens (primary N) is 1. The third-order valence-corrected chi connectivity index (χ3v) is 2.16. The fourth-order valence-electron chi connectivity index (χ4n) is 1.28. The minimum atomic E-state index is -0.297. The fourth-order valence-corrected chi connectivity index (χ4v) is 1.28. The highest BCUT2D eigenvalue weighted by atomic mass is 16.1. The first kappa shape index (κ1) is 10.2. The van der Waals surface area contributed by atoms with E-state index in [9.17, 15) is 4.79 Å². The van der Waals surface area contributed by atoms with E-state index in [1.54, 1.807) is 30.1 Å². The summed E-state index contributed by atoms with van der Waals surface area (Å²) in [6.07, 6.45) is 4.57. The minimum Gasteiger partial charge on any atom is -0.398 e. The van der Waals surface area contributed by atoms with Crippen molar-refractivity contribution < 1.29 is 4.79 Å². The average molecular weight is 217 g/mol. The summed E-state index contributed by atoms with van der Waals surface area (Å²) in [5.41, 5.74) is 6.41. The lowest BCUT2D eigenvalue weighted by Crippen LogP contribution is -2.16. The van der Waals surface area contributed by atoms with Crippen molar-refractivity contribution in [3.05, 3.63) is 36.3 Å². The number of amides is 1. The Balaban J connectivity index is 2.22. The molecular formula is C10H11N5O. The van der Waals surface area contributed by atoms with Gasteiger partial charge in [-0.1, -0.05) is 0 Å². The minimum absolute atomic E-state index is 0.297. The van der Waals surface area contributed by atoms with Gasteiger partial charge < -0.3 is 11.1 Å². The lowest BCUT2D eigenvalue weighted by atomic mass is 10.2. The predicted molar refractivity (Wildman–Crippen MR) is 59.8 cm³/mol. The van der Waals surface area contributed by atoms with Gasteiger partial charge in [0.2, 0.25) is 0 Å². The van der Waals surface area contributed by atoms with Gasteiger partial charge in [-0.3, -0.25) is 14.5 Å². The molecule has 0 aliphatic rings. The molecule has 0 unspecified atom stereocenters. The lowest BCUT2D eigenvalue weighted by Gasteiger charge is -2.06. The molecular weight excluding hydrogens is 206 g/mol. The summed E-state index contributed by atoms with van der Waals surface area (Å²) in [4.78, 5) is 15.7. The van der Waals surface area contributed by atoms with Crippen molar-refractivity contribution in [1.82, 2.24) is 14.8 Å². The molecule has 0 bridgehead atoms. The van der Waals surface area contributed by atoms with E-state index in [1.807, 2.05) is 0 Å². The molecule has 2 rings (SSSR count). The van der Waals surface area contributed by atoms with Gasteiger partial charge in [0, 0.05) is 31.2 Å². The van der Waals surface area contributed by atoms with Crippen LogP contribution in [-0.2, 0) is 7.05 Å². The maximum Gasteiger partial charge on any atom is 0.260 e. The molecule has 0 saturated heterocycles. The SMILES string of the molecule is Cn1nccc1NC(=O)c1cnccc1N. The molecule has 0 fully saturated rings. The maximum atomic E-state index is 11.8. The Hall–Kier alpha value is -2.37. The van der Waals surface area contributed by atoms with Gasteiger partial charge in [-0.25, -0.2) is 0 Å². The molecule has 0 aromatic carbocycles. The zero-order valence-corrected chi connectivity index (χ0v) is 8.71. The third kappa shape index (κ3) is 1.85. The number of nitrogens with zero attached hydrogens (tertiary/aromatic N) is 3. The second-order valence-corrected chi connectivity index (χ2v) is 3.26. The summed E-state index contributed by atoms with van der Waals surface area (Å²) in [6, 6.07) is 3.28. The number of nitrogen functional groups attached to an aromatic ring is 1. The Labute approximate surface area is 92.1 Å². The van der Waals surface area contributed by atoms with Crippen molar-refractivity contribution in [2.75, 3.05) is 11.1 Å². The van der Waals surface area contributed by atoms with Crippen molar-refractivity contribution in [2.45, 2.75) is 0 Å². The van der Waals surface area contributed by atoms with Crippen molar-refractivity contribution in [3.8, 4) is 0 Å². The predicted octanol–water partition coefficient (Wildman–Crippen LogP) is 0.650. The van der Waals surface area contributed by atoms with Crippen LogP contribution in [0.1, 0.15) is 10.4 Å². The summed E-state index contributed by atoms with van der Waals surface area (Å²) in [5, 5.41) is 6.63. The van der Waals surface area contributed by atoms with E-state index < -0.39 is 0 Å². The van der Waals surface area contributed by atoms with E-state index in [0.717, 1.165) is 0 Å². The number of aromatic nitrogens is 3. The number of aryl methyl sites for hydroxylation is 1. The van der Waals surface area contributed by atoms with E-state index in [0.29, 0.717) is 17.1 Å². The van der Waals surface area contributed by atoms with Gasteiger partial charge in [-0.2, -0.15) is 5.10 Å². The van der Waals surface area contributed by atoms with Crippen molar-refractivity contribution in [3.63, 3.8) is 0 Å². The normalized spacial score (nSPS) is 10.1. The highest BCUT2D eigenvalue weighted by molar-refractivity contribution is 6.07. The molecule has 0 saturated carbocycles. The van der Waals surface area contributed by atoms with Crippen LogP contribution < -0.4 is 11.1 Å². The molecule has 1 amide bonds. The monoisotopic (exact) mass is 217 g/mol. The molecule has 6 heteroatoms. The molecule has 0 atom stereocenters. The van der Waals surface area contributed by atoms with Gasteiger partial charge in [-0.15, -0.1) is 0 Å². The summed E-state index contributed by atoms with van der Waals surface area (Å²) < 4.78 is 1.56. The molecule has 0 spiro atoms. The number of rotatable bonds is 2. The summed E-state index contributed by atoms with van der Waals surface area (Å²) >= 11 is 0. The Bertz CT molecular complexity index is 519. The summed E-state index contributed by atoms with van der Waals surface area (Å²) in [7, 11) is 1.74. The van der Waals surface area contributed by atoms with Crippen LogP contribution in [-0.4, -0.2) is 20.7 Å².